The van der Waals surface area contributed by atoms with Gasteiger partial charge in [0.25, 0.3) is 5.69 Å². The maximum Gasteiger partial charge on any atom is 0.292 e. The van der Waals surface area contributed by atoms with Crippen molar-refractivity contribution >= 4 is 22.9 Å². The van der Waals surface area contributed by atoms with Crippen LogP contribution < -0.4 is 10.2 Å². The molecule has 0 aliphatic carbocycles. The fourth-order valence-corrected chi connectivity index (χ4v) is 2.33. The monoisotopic (exact) mass is 300 g/mol. The SMILES string of the molecule is O=[N+]([O-])c1ccccc1Nc1ccc(N2CCOCC2)nc1. The molecule has 0 saturated carbocycles. The van der Waals surface area contributed by atoms with E-state index in [2.05, 4.69) is 15.2 Å². The highest BCUT2D eigenvalue weighted by Gasteiger charge is 2.14. The van der Waals surface area contributed by atoms with E-state index in [0.717, 1.165) is 18.9 Å². The first kappa shape index (κ1) is 14.3. The van der Waals surface area contributed by atoms with Crippen molar-refractivity contribution in [3.63, 3.8) is 0 Å². The topological polar surface area (TPSA) is 80.5 Å². The number of rotatable bonds is 4. The number of pyridine rings is 1. The molecule has 114 valence electrons. The van der Waals surface area contributed by atoms with Crippen molar-refractivity contribution in [1.82, 2.24) is 4.98 Å². The molecule has 22 heavy (non-hydrogen) atoms. The number of hydrogen-bond acceptors (Lipinski definition) is 6. The number of nitrogens with one attached hydrogen (secondary N) is 1. The Morgan fingerprint density at radius 2 is 1.95 bits per heavy atom. The second kappa shape index (κ2) is 6.40. The minimum absolute atomic E-state index is 0.0414. The molecule has 0 unspecified atom stereocenters. The van der Waals surface area contributed by atoms with Crippen LogP contribution in [0.2, 0.25) is 0 Å². The summed E-state index contributed by atoms with van der Waals surface area (Å²) in [6, 6.07) is 10.3. The number of morpholine rings is 1. The largest absolute Gasteiger partial charge is 0.378 e. The average Bonchev–Trinajstić information content (AvgIpc) is 2.57. The third kappa shape index (κ3) is 3.15. The van der Waals surface area contributed by atoms with Gasteiger partial charge < -0.3 is 15.0 Å². The Labute approximate surface area is 127 Å². The zero-order chi connectivity index (χ0) is 15.4. The molecule has 1 saturated heterocycles. The summed E-state index contributed by atoms with van der Waals surface area (Å²) in [4.78, 5) is 17.2. The van der Waals surface area contributed by atoms with Crippen molar-refractivity contribution in [2.24, 2.45) is 0 Å². The molecule has 0 bridgehead atoms. The van der Waals surface area contributed by atoms with E-state index in [0.29, 0.717) is 24.6 Å². The van der Waals surface area contributed by atoms with Gasteiger partial charge in [-0.15, -0.1) is 0 Å². The number of hydrogen-bond donors (Lipinski definition) is 1. The normalized spacial score (nSPS) is 14.6. The lowest BCUT2D eigenvalue weighted by molar-refractivity contribution is -0.383. The summed E-state index contributed by atoms with van der Waals surface area (Å²) in [7, 11) is 0. The van der Waals surface area contributed by atoms with E-state index in [4.69, 9.17) is 4.74 Å². The highest BCUT2D eigenvalue weighted by atomic mass is 16.6. The van der Waals surface area contributed by atoms with Crippen molar-refractivity contribution in [3.05, 3.63) is 52.7 Å². The maximum atomic E-state index is 11.0. The number of benzene rings is 1. The predicted molar refractivity (Wildman–Crippen MR) is 83.6 cm³/mol. The van der Waals surface area contributed by atoms with Gasteiger partial charge in [0.2, 0.25) is 0 Å². The van der Waals surface area contributed by atoms with Gasteiger partial charge in [-0.2, -0.15) is 0 Å². The Morgan fingerprint density at radius 1 is 1.18 bits per heavy atom. The van der Waals surface area contributed by atoms with E-state index in [9.17, 15) is 10.1 Å². The van der Waals surface area contributed by atoms with Crippen LogP contribution in [0.3, 0.4) is 0 Å². The van der Waals surface area contributed by atoms with Gasteiger partial charge in [-0.3, -0.25) is 10.1 Å². The molecule has 1 aliphatic heterocycles. The van der Waals surface area contributed by atoms with Crippen LogP contribution in [0.1, 0.15) is 0 Å². The van der Waals surface area contributed by atoms with Crippen LogP contribution in [0, 0.1) is 10.1 Å². The summed E-state index contributed by atoms with van der Waals surface area (Å²) < 4.78 is 5.31. The van der Waals surface area contributed by atoms with Crippen LogP contribution in [0.4, 0.5) is 22.9 Å². The van der Waals surface area contributed by atoms with Gasteiger partial charge in [0.05, 0.1) is 30.0 Å². The lowest BCUT2D eigenvalue weighted by Gasteiger charge is -2.27. The van der Waals surface area contributed by atoms with Gasteiger partial charge in [-0.1, -0.05) is 12.1 Å². The quantitative estimate of drug-likeness (QED) is 0.690. The van der Waals surface area contributed by atoms with Crippen molar-refractivity contribution in [1.29, 1.82) is 0 Å². The molecule has 1 fully saturated rings. The van der Waals surface area contributed by atoms with Gasteiger partial charge in [-0.25, -0.2) is 4.98 Å². The molecule has 0 amide bonds. The van der Waals surface area contributed by atoms with Gasteiger partial charge in [0, 0.05) is 19.2 Å². The fraction of sp³-hybridized carbons (Fsp3) is 0.267. The molecule has 1 aromatic carbocycles. The van der Waals surface area contributed by atoms with Crippen LogP contribution in [0.15, 0.2) is 42.6 Å². The molecule has 1 N–H and O–H groups in total. The summed E-state index contributed by atoms with van der Waals surface area (Å²) >= 11 is 0. The summed E-state index contributed by atoms with van der Waals surface area (Å²) in [5, 5.41) is 14.0. The van der Waals surface area contributed by atoms with E-state index < -0.39 is 4.92 Å². The van der Waals surface area contributed by atoms with E-state index >= 15 is 0 Å². The number of para-hydroxylation sites is 2. The zero-order valence-corrected chi connectivity index (χ0v) is 11.9. The lowest BCUT2D eigenvalue weighted by atomic mass is 10.2. The van der Waals surface area contributed by atoms with Crippen molar-refractivity contribution in [2.45, 2.75) is 0 Å². The molecule has 2 heterocycles. The number of nitro groups is 1. The molecule has 3 rings (SSSR count). The average molecular weight is 300 g/mol. The highest BCUT2D eigenvalue weighted by Crippen LogP contribution is 2.27. The molecule has 1 aromatic heterocycles. The van der Waals surface area contributed by atoms with Crippen LogP contribution >= 0.6 is 0 Å². The fourth-order valence-electron chi connectivity index (χ4n) is 2.33. The Morgan fingerprint density at radius 3 is 2.64 bits per heavy atom. The van der Waals surface area contributed by atoms with Crippen molar-refractivity contribution in [2.75, 3.05) is 36.5 Å². The third-order valence-corrected chi connectivity index (χ3v) is 3.46. The summed E-state index contributed by atoms with van der Waals surface area (Å²) in [6.07, 6.45) is 1.68. The Bertz CT molecular complexity index is 654. The number of ether oxygens (including phenoxy) is 1. The number of aromatic nitrogens is 1. The highest BCUT2D eigenvalue weighted by molar-refractivity contribution is 5.69. The number of nitro benzene ring substituents is 1. The maximum absolute atomic E-state index is 11.0. The standard InChI is InChI=1S/C15H16N4O3/c20-19(21)14-4-2-1-3-13(14)17-12-5-6-15(16-11-12)18-7-9-22-10-8-18/h1-6,11,17H,7-10H2. The van der Waals surface area contributed by atoms with E-state index in [1.807, 2.05) is 12.1 Å². The van der Waals surface area contributed by atoms with Gasteiger partial charge in [0.15, 0.2) is 0 Å². The molecule has 2 aromatic rings. The first-order valence-electron chi connectivity index (χ1n) is 7.03. The van der Waals surface area contributed by atoms with Crippen LogP contribution in [0.25, 0.3) is 0 Å². The first-order valence-corrected chi connectivity index (χ1v) is 7.03. The van der Waals surface area contributed by atoms with Crippen molar-refractivity contribution in [3.8, 4) is 0 Å². The molecular weight excluding hydrogens is 284 g/mol. The molecular formula is C15H16N4O3. The Kier molecular flexibility index (Phi) is 4.15. The molecule has 0 spiro atoms. The molecule has 1 aliphatic rings. The van der Waals surface area contributed by atoms with Crippen LogP contribution in [-0.4, -0.2) is 36.2 Å². The zero-order valence-electron chi connectivity index (χ0n) is 11.9. The number of anilines is 3. The van der Waals surface area contributed by atoms with Gasteiger partial charge in [-0.05, 0) is 18.2 Å². The van der Waals surface area contributed by atoms with Crippen molar-refractivity contribution < 1.29 is 9.66 Å². The third-order valence-electron chi connectivity index (χ3n) is 3.46. The lowest BCUT2D eigenvalue weighted by Crippen LogP contribution is -2.36. The van der Waals surface area contributed by atoms with Crippen LogP contribution in [-0.2, 0) is 4.74 Å². The minimum atomic E-state index is -0.405. The molecule has 0 radical (unpaired) electrons. The molecule has 0 atom stereocenters. The second-order valence-electron chi connectivity index (χ2n) is 4.90. The Balaban J connectivity index is 1.75. The first-order chi connectivity index (χ1) is 10.7. The second-order valence-corrected chi connectivity index (χ2v) is 4.90. The number of nitrogens with zero attached hydrogens (tertiary/aromatic N) is 3. The van der Waals surface area contributed by atoms with Gasteiger partial charge >= 0.3 is 0 Å². The molecule has 7 nitrogen and oxygen atoms in total. The van der Waals surface area contributed by atoms with Gasteiger partial charge in [0.1, 0.15) is 11.5 Å². The van der Waals surface area contributed by atoms with E-state index in [1.165, 1.54) is 6.07 Å². The summed E-state index contributed by atoms with van der Waals surface area (Å²) in [6.45, 7) is 3.06. The minimum Gasteiger partial charge on any atom is -0.378 e. The smallest absolute Gasteiger partial charge is 0.292 e. The van der Waals surface area contributed by atoms with E-state index in [-0.39, 0.29) is 5.69 Å². The van der Waals surface area contributed by atoms with E-state index in [1.54, 1.807) is 24.4 Å². The predicted octanol–water partition coefficient (Wildman–Crippen LogP) is 2.57. The summed E-state index contributed by atoms with van der Waals surface area (Å²) in [5.74, 6) is 0.886. The summed E-state index contributed by atoms with van der Waals surface area (Å²) in [5.41, 5.74) is 1.21. The van der Waals surface area contributed by atoms with Crippen LogP contribution in [0.5, 0.6) is 0 Å². The Hall–Kier alpha value is -2.67. The molecule has 7 heteroatoms.